The van der Waals surface area contributed by atoms with Crippen molar-refractivity contribution in [2.24, 2.45) is 5.10 Å². The quantitative estimate of drug-likeness (QED) is 0.392. The zero-order valence-corrected chi connectivity index (χ0v) is 15.7. The van der Waals surface area contributed by atoms with E-state index in [0.29, 0.717) is 16.8 Å². The topological polar surface area (TPSA) is 59.3 Å². The number of carbonyl (C=O) groups is 1. The van der Waals surface area contributed by atoms with E-state index in [0.717, 1.165) is 5.69 Å². The van der Waals surface area contributed by atoms with Gasteiger partial charge in [-0.1, -0.05) is 18.2 Å². The number of benzene rings is 3. The van der Waals surface area contributed by atoms with Gasteiger partial charge in [-0.2, -0.15) is 10.2 Å². The standard InChI is InChI=1S/C23H16F2N4O/c24-19-10-6-16(7-11-19)22-18(15-29(28-22)21-4-2-1-3-5-21)14-26-27-23(30)17-8-12-20(25)13-9-17/h1-15H,(H,27,30)/b26-14-. The molecule has 0 saturated carbocycles. The van der Waals surface area contributed by atoms with Crippen molar-refractivity contribution >= 4 is 12.1 Å². The van der Waals surface area contributed by atoms with Gasteiger partial charge in [0.1, 0.15) is 17.3 Å². The Morgan fingerprint density at radius 1 is 0.900 bits per heavy atom. The largest absolute Gasteiger partial charge is 0.271 e. The van der Waals surface area contributed by atoms with E-state index in [1.807, 2.05) is 30.3 Å². The van der Waals surface area contributed by atoms with Crippen LogP contribution in [0.15, 0.2) is 90.2 Å². The summed E-state index contributed by atoms with van der Waals surface area (Å²) in [6.07, 6.45) is 3.23. The van der Waals surface area contributed by atoms with E-state index in [-0.39, 0.29) is 11.4 Å². The number of para-hydroxylation sites is 1. The van der Waals surface area contributed by atoms with Gasteiger partial charge in [0, 0.05) is 22.9 Å². The minimum atomic E-state index is -0.468. The van der Waals surface area contributed by atoms with E-state index in [2.05, 4.69) is 15.6 Å². The van der Waals surface area contributed by atoms with Crippen molar-refractivity contribution in [3.63, 3.8) is 0 Å². The van der Waals surface area contributed by atoms with E-state index >= 15 is 0 Å². The van der Waals surface area contributed by atoms with Crippen molar-refractivity contribution in [1.29, 1.82) is 0 Å². The number of rotatable bonds is 5. The monoisotopic (exact) mass is 402 g/mol. The molecule has 0 spiro atoms. The van der Waals surface area contributed by atoms with E-state index in [1.54, 1.807) is 23.0 Å². The van der Waals surface area contributed by atoms with Gasteiger partial charge in [-0.05, 0) is 60.7 Å². The van der Waals surface area contributed by atoms with Gasteiger partial charge in [-0.25, -0.2) is 18.9 Å². The number of nitrogens with zero attached hydrogens (tertiary/aromatic N) is 3. The lowest BCUT2D eigenvalue weighted by Gasteiger charge is -2.01. The summed E-state index contributed by atoms with van der Waals surface area (Å²) in [5, 5.41) is 8.60. The van der Waals surface area contributed by atoms with E-state index in [9.17, 15) is 13.6 Å². The van der Waals surface area contributed by atoms with Crippen LogP contribution in [0.2, 0.25) is 0 Å². The molecule has 1 aromatic heterocycles. The smallest absolute Gasteiger partial charge is 0.267 e. The van der Waals surface area contributed by atoms with Crippen molar-refractivity contribution in [2.45, 2.75) is 0 Å². The third-order valence-electron chi connectivity index (χ3n) is 4.36. The van der Waals surface area contributed by atoms with Gasteiger partial charge in [-0.15, -0.1) is 0 Å². The molecule has 0 aliphatic heterocycles. The van der Waals surface area contributed by atoms with Crippen LogP contribution in [0, 0.1) is 11.6 Å². The Kier molecular flexibility index (Phi) is 5.43. The van der Waals surface area contributed by atoms with Crippen LogP contribution in [-0.4, -0.2) is 21.9 Å². The van der Waals surface area contributed by atoms with Crippen LogP contribution in [0.3, 0.4) is 0 Å². The van der Waals surface area contributed by atoms with Crippen LogP contribution in [0.1, 0.15) is 15.9 Å². The first-order chi connectivity index (χ1) is 14.6. The summed E-state index contributed by atoms with van der Waals surface area (Å²) in [5.41, 5.74) is 5.46. The summed E-state index contributed by atoms with van der Waals surface area (Å²) >= 11 is 0. The zero-order chi connectivity index (χ0) is 20.9. The zero-order valence-electron chi connectivity index (χ0n) is 15.7. The summed E-state index contributed by atoms with van der Waals surface area (Å²) in [7, 11) is 0. The molecule has 0 unspecified atom stereocenters. The Hall–Kier alpha value is -4.13. The molecule has 0 bridgehead atoms. The normalized spacial score (nSPS) is 11.0. The third kappa shape index (κ3) is 4.30. The molecule has 0 fully saturated rings. The van der Waals surface area contributed by atoms with Crippen LogP contribution in [0.25, 0.3) is 16.9 Å². The number of hydrogen-bond acceptors (Lipinski definition) is 3. The van der Waals surface area contributed by atoms with Crippen LogP contribution in [-0.2, 0) is 0 Å². The lowest BCUT2D eigenvalue weighted by atomic mass is 10.1. The lowest BCUT2D eigenvalue weighted by Crippen LogP contribution is -2.17. The lowest BCUT2D eigenvalue weighted by molar-refractivity contribution is 0.0955. The highest BCUT2D eigenvalue weighted by Crippen LogP contribution is 2.23. The molecule has 1 amide bonds. The number of amides is 1. The first kappa shape index (κ1) is 19.2. The molecule has 4 rings (SSSR count). The number of nitrogens with one attached hydrogen (secondary N) is 1. The van der Waals surface area contributed by atoms with Crippen molar-refractivity contribution < 1.29 is 13.6 Å². The SMILES string of the molecule is O=C(N/N=C\c1cn(-c2ccccc2)nc1-c1ccc(F)cc1)c1ccc(F)cc1. The van der Waals surface area contributed by atoms with E-state index in [1.165, 1.54) is 42.6 Å². The van der Waals surface area contributed by atoms with E-state index in [4.69, 9.17) is 0 Å². The van der Waals surface area contributed by atoms with E-state index < -0.39 is 11.7 Å². The Bertz CT molecular complexity index is 1180. The fourth-order valence-electron chi connectivity index (χ4n) is 2.85. The number of hydrazone groups is 1. The molecule has 7 heteroatoms. The summed E-state index contributed by atoms with van der Waals surface area (Å²) in [4.78, 5) is 12.2. The Labute approximate surface area is 171 Å². The number of hydrogen-bond donors (Lipinski definition) is 1. The van der Waals surface area contributed by atoms with Gasteiger partial charge >= 0.3 is 0 Å². The van der Waals surface area contributed by atoms with Gasteiger partial charge in [0.2, 0.25) is 0 Å². The van der Waals surface area contributed by atoms with Crippen LogP contribution in [0.4, 0.5) is 8.78 Å². The van der Waals surface area contributed by atoms with Gasteiger partial charge in [0.25, 0.3) is 5.91 Å². The molecule has 0 aliphatic carbocycles. The number of carbonyl (C=O) groups excluding carboxylic acids is 1. The maximum Gasteiger partial charge on any atom is 0.271 e. The summed E-state index contributed by atoms with van der Waals surface area (Å²) in [6.45, 7) is 0. The second kappa shape index (κ2) is 8.48. The van der Waals surface area contributed by atoms with Crippen molar-refractivity contribution in [2.75, 3.05) is 0 Å². The molecule has 0 aliphatic rings. The molecule has 148 valence electrons. The van der Waals surface area contributed by atoms with Gasteiger partial charge in [-0.3, -0.25) is 4.79 Å². The predicted molar refractivity (Wildman–Crippen MR) is 110 cm³/mol. The summed E-state index contributed by atoms with van der Waals surface area (Å²) in [5.74, 6) is -1.24. The molecular weight excluding hydrogens is 386 g/mol. The van der Waals surface area contributed by atoms with Gasteiger partial charge < -0.3 is 0 Å². The molecule has 0 saturated heterocycles. The van der Waals surface area contributed by atoms with Crippen LogP contribution < -0.4 is 5.43 Å². The summed E-state index contributed by atoms with van der Waals surface area (Å²) < 4.78 is 28.0. The highest BCUT2D eigenvalue weighted by molar-refractivity contribution is 5.95. The van der Waals surface area contributed by atoms with Crippen molar-refractivity contribution in [3.8, 4) is 16.9 Å². The minimum absolute atomic E-state index is 0.285. The van der Waals surface area contributed by atoms with Crippen LogP contribution >= 0.6 is 0 Å². The first-order valence-electron chi connectivity index (χ1n) is 9.10. The number of aromatic nitrogens is 2. The molecule has 4 aromatic rings. The molecule has 1 heterocycles. The van der Waals surface area contributed by atoms with Crippen molar-refractivity contribution in [3.05, 3.63) is 108 Å². The molecule has 0 radical (unpaired) electrons. The average molecular weight is 402 g/mol. The van der Waals surface area contributed by atoms with Gasteiger partial charge in [0.05, 0.1) is 11.9 Å². The maximum absolute atomic E-state index is 13.3. The molecule has 5 nitrogen and oxygen atoms in total. The first-order valence-corrected chi connectivity index (χ1v) is 9.10. The third-order valence-corrected chi connectivity index (χ3v) is 4.36. The Morgan fingerprint density at radius 2 is 1.53 bits per heavy atom. The number of halogens is 2. The Morgan fingerprint density at radius 3 is 2.20 bits per heavy atom. The van der Waals surface area contributed by atoms with Crippen LogP contribution in [0.5, 0.6) is 0 Å². The second-order valence-electron chi connectivity index (χ2n) is 6.43. The highest BCUT2D eigenvalue weighted by Gasteiger charge is 2.12. The second-order valence-corrected chi connectivity index (χ2v) is 6.43. The summed E-state index contributed by atoms with van der Waals surface area (Å²) in [6, 6.07) is 20.6. The van der Waals surface area contributed by atoms with Gasteiger partial charge in [0.15, 0.2) is 0 Å². The molecule has 30 heavy (non-hydrogen) atoms. The highest BCUT2D eigenvalue weighted by atomic mass is 19.1. The Balaban J connectivity index is 1.63. The fourth-order valence-corrected chi connectivity index (χ4v) is 2.85. The molecular formula is C23H16F2N4O. The minimum Gasteiger partial charge on any atom is -0.267 e. The van der Waals surface area contributed by atoms with Crippen molar-refractivity contribution in [1.82, 2.24) is 15.2 Å². The molecule has 0 atom stereocenters. The fraction of sp³-hybridized carbons (Fsp3) is 0. The molecule has 1 N–H and O–H groups in total. The average Bonchev–Trinajstić information content (AvgIpc) is 3.19. The predicted octanol–water partition coefficient (Wildman–Crippen LogP) is 4.58. The molecule has 3 aromatic carbocycles. The maximum atomic E-state index is 13.3.